The molecule has 0 spiro atoms. The smallest absolute Gasteiger partial charge is 0.0701 e. The number of ether oxygens (including phenoxy) is 3. The lowest BCUT2D eigenvalue weighted by Gasteiger charge is -2.14. The summed E-state index contributed by atoms with van der Waals surface area (Å²) in [6.45, 7) is 5.90. The van der Waals surface area contributed by atoms with Gasteiger partial charge in [0, 0.05) is 13.7 Å². The van der Waals surface area contributed by atoms with Gasteiger partial charge in [-0.1, -0.05) is 6.42 Å². The van der Waals surface area contributed by atoms with Crippen LogP contribution in [0.25, 0.3) is 0 Å². The summed E-state index contributed by atoms with van der Waals surface area (Å²) in [6, 6.07) is 0. The number of nitrogens with one attached hydrogen (secondary N) is 1. The van der Waals surface area contributed by atoms with Crippen molar-refractivity contribution in [3.8, 4) is 0 Å². The third-order valence-electron chi connectivity index (χ3n) is 3.12. The van der Waals surface area contributed by atoms with Crippen LogP contribution in [-0.4, -0.2) is 53.2 Å². The van der Waals surface area contributed by atoms with E-state index in [1.54, 1.807) is 7.11 Å². The number of methoxy groups -OCH3 is 1. The molecule has 17 heavy (non-hydrogen) atoms. The van der Waals surface area contributed by atoms with E-state index in [0.29, 0.717) is 26.4 Å². The van der Waals surface area contributed by atoms with Crippen molar-refractivity contribution in [2.45, 2.75) is 25.7 Å². The highest BCUT2D eigenvalue weighted by molar-refractivity contribution is 4.67. The Morgan fingerprint density at radius 3 is 2.59 bits per heavy atom. The van der Waals surface area contributed by atoms with Crippen LogP contribution in [-0.2, 0) is 14.2 Å². The monoisotopic (exact) mass is 245 g/mol. The highest BCUT2D eigenvalue weighted by atomic mass is 16.5. The van der Waals surface area contributed by atoms with E-state index in [1.165, 1.54) is 32.2 Å². The van der Waals surface area contributed by atoms with E-state index in [2.05, 4.69) is 5.32 Å². The lowest BCUT2D eigenvalue weighted by Crippen LogP contribution is -2.21. The van der Waals surface area contributed by atoms with E-state index in [1.807, 2.05) is 0 Å². The van der Waals surface area contributed by atoms with Crippen molar-refractivity contribution in [1.29, 1.82) is 0 Å². The zero-order valence-corrected chi connectivity index (χ0v) is 11.1. The summed E-state index contributed by atoms with van der Waals surface area (Å²) in [7, 11) is 1.68. The van der Waals surface area contributed by atoms with Gasteiger partial charge in [0.05, 0.1) is 26.4 Å². The van der Waals surface area contributed by atoms with Crippen molar-refractivity contribution in [2.24, 2.45) is 5.92 Å². The van der Waals surface area contributed by atoms with Gasteiger partial charge in [-0.3, -0.25) is 0 Å². The van der Waals surface area contributed by atoms with E-state index < -0.39 is 0 Å². The first kappa shape index (κ1) is 14.9. The van der Waals surface area contributed by atoms with Gasteiger partial charge in [-0.15, -0.1) is 0 Å². The van der Waals surface area contributed by atoms with Crippen molar-refractivity contribution in [3.63, 3.8) is 0 Å². The SMILES string of the molecule is COCCOCCOCCC1CCCCNC1. The zero-order valence-electron chi connectivity index (χ0n) is 11.1. The molecule has 1 fully saturated rings. The van der Waals surface area contributed by atoms with Crippen LogP contribution >= 0.6 is 0 Å². The summed E-state index contributed by atoms with van der Waals surface area (Å²) in [5.74, 6) is 0.798. The van der Waals surface area contributed by atoms with Gasteiger partial charge in [-0.05, 0) is 38.3 Å². The van der Waals surface area contributed by atoms with Gasteiger partial charge in [0.1, 0.15) is 0 Å². The highest BCUT2D eigenvalue weighted by Crippen LogP contribution is 2.14. The fourth-order valence-electron chi connectivity index (χ4n) is 2.05. The molecule has 0 amide bonds. The molecule has 1 rings (SSSR count). The van der Waals surface area contributed by atoms with Crippen LogP contribution in [0.3, 0.4) is 0 Å². The molecular formula is C13H27NO3. The van der Waals surface area contributed by atoms with Gasteiger partial charge in [-0.25, -0.2) is 0 Å². The normalized spacial score (nSPS) is 21.4. The fraction of sp³-hybridized carbons (Fsp3) is 1.00. The van der Waals surface area contributed by atoms with E-state index in [4.69, 9.17) is 14.2 Å². The summed E-state index contributed by atoms with van der Waals surface area (Å²) in [6.07, 6.45) is 5.20. The molecule has 0 aromatic carbocycles. The second-order valence-corrected chi connectivity index (χ2v) is 4.57. The minimum Gasteiger partial charge on any atom is -0.382 e. The predicted octanol–water partition coefficient (Wildman–Crippen LogP) is 1.45. The molecule has 0 aromatic heterocycles. The summed E-state index contributed by atoms with van der Waals surface area (Å²) < 4.78 is 15.8. The maximum Gasteiger partial charge on any atom is 0.0701 e. The van der Waals surface area contributed by atoms with Crippen molar-refractivity contribution in [3.05, 3.63) is 0 Å². The van der Waals surface area contributed by atoms with Crippen LogP contribution in [0.5, 0.6) is 0 Å². The Labute approximate surface area is 105 Å². The molecule has 0 aliphatic carbocycles. The number of hydrogen-bond donors (Lipinski definition) is 1. The molecule has 0 bridgehead atoms. The Balaban J connectivity index is 1.82. The average molecular weight is 245 g/mol. The fourth-order valence-corrected chi connectivity index (χ4v) is 2.05. The van der Waals surface area contributed by atoms with Crippen molar-refractivity contribution in [2.75, 3.05) is 53.2 Å². The second kappa shape index (κ2) is 11.0. The molecule has 1 saturated heterocycles. The molecule has 4 nitrogen and oxygen atoms in total. The summed E-state index contributed by atoms with van der Waals surface area (Å²) in [5, 5.41) is 3.48. The molecule has 1 unspecified atom stereocenters. The van der Waals surface area contributed by atoms with E-state index >= 15 is 0 Å². The van der Waals surface area contributed by atoms with Gasteiger partial charge >= 0.3 is 0 Å². The summed E-state index contributed by atoms with van der Waals surface area (Å²) >= 11 is 0. The zero-order chi connectivity index (χ0) is 12.2. The quantitative estimate of drug-likeness (QED) is 0.624. The lowest BCUT2D eigenvalue weighted by molar-refractivity contribution is 0.0217. The first-order valence-corrected chi connectivity index (χ1v) is 6.78. The van der Waals surface area contributed by atoms with E-state index in [0.717, 1.165) is 19.1 Å². The van der Waals surface area contributed by atoms with Gasteiger partial charge in [0.2, 0.25) is 0 Å². The molecule has 1 N–H and O–H groups in total. The van der Waals surface area contributed by atoms with Gasteiger partial charge < -0.3 is 19.5 Å². The molecule has 1 atom stereocenters. The molecule has 1 aliphatic heterocycles. The van der Waals surface area contributed by atoms with Crippen LogP contribution in [0.4, 0.5) is 0 Å². The molecule has 1 aliphatic rings. The summed E-state index contributed by atoms with van der Waals surface area (Å²) in [4.78, 5) is 0. The molecule has 4 heteroatoms. The molecule has 0 aromatic rings. The third-order valence-corrected chi connectivity index (χ3v) is 3.12. The van der Waals surface area contributed by atoms with E-state index in [9.17, 15) is 0 Å². The maximum absolute atomic E-state index is 5.56. The standard InChI is InChI=1S/C13H27NO3/c1-15-8-9-17-11-10-16-7-5-13-4-2-3-6-14-12-13/h13-14H,2-12H2,1H3. The first-order chi connectivity index (χ1) is 8.43. The number of rotatable bonds is 9. The Bertz CT molecular complexity index is 159. The Morgan fingerprint density at radius 2 is 1.76 bits per heavy atom. The van der Waals surface area contributed by atoms with Gasteiger partial charge in [0.15, 0.2) is 0 Å². The highest BCUT2D eigenvalue weighted by Gasteiger charge is 2.10. The first-order valence-electron chi connectivity index (χ1n) is 6.78. The minimum atomic E-state index is 0.659. The molecule has 102 valence electrons. The predicted molar refractivity (Wildman–Crippen MR) is 68.3 cm³/mol. The molecule has 1 heterocycles. The van der Waals surface area contributed by atoms with Crippen molar-refractivity contribution < 1.29 is 14.2 Å². The Kier molecular flexibility index (Phi) is 9.61. The number of hydrogen-bond acceptors (Lipinski definition) is 4. The second-order valence-electron chi connectivity index (χ2n) is 4.57. The van der Waals surface area contributed by atoms with E-state index in [-0.39, 0.29) is 0 Å². The average Bonchev–Trinajstić information content (AvgIpc) is 2.61. The Hall–Kier alpha value is -0.160. The largest absolute Gasteiger partial charge is 0.382 e. The van der Waals surface area contributed by atoms with Crippen molar-refractivity contribution >= 4 is 0 Å². The molecule has 0 saturated carbocycles. The van der Waals surface area contributed by atoms with Crippen LogP contribution in [0.15, 0.2) is 0 Å². The topological polar surface area (TPSA) is 39.7 Å². The van der Waals surface area contributed by atoms with Gasteiger partial charge in [0.25, 0.3) is 0 Å². The third kappa shape index (κ3) is 8.55. The van der Waals surface area contributed by atoms with Crippen molar-refractivity contribution in [1.82, 2.24) is 5.32 Å². The summed E-state index contributed by atoms with van der Waals surface area (Å²) in [5.41, 5.74) is 0. The lowest BCUT2D eigenvalue weighted by atomic mass is 10.0. The van der Waals surface area contributed by atoms with Gasteiger partial charge in [-0.2, -0.15) is 0 Å². The Morgan fingerprint density at radius 1 is 1.00 bits per heavy atom. The van der Waals surface area contributed by atoms with Crippen LogP contribution in [0.2, 0.25) is 0 Å². The van der Waals surface area contributed by atoms with Crippen LogP contribution < -0.4 is 5.32 Å². The van der Waals surface area contributed by atoms with Crippen LogP contribution in [0.1, 0.15) is 25.7 Å². The minimum absolute atomic E-state index is 0.659. The maximum atomic E-state index is 5.56. The van der Waals surface area contributed by atoms with Crippen LogP contribution in [0, 0.1) is 5.92 Å². The molecule has 0 radical (unpaired) electrons. The molecular weight excluding hydrogens is 218 g/mol.